The molecular weight excluding hydrogens is 354 g/mol. The van der Waals surface area contributed by atoms with Gasteiger partial charge < -0.3 is 5.11 Å². The van der Waals surface area contributed by atoms with Crippen LogP contribution < -0.4 is 0 Å². The van der Waals surface area contributed by atoms with Gasteiger partial charge in [-0.2, -0.15) is 0 Å². The molecule has 0 saturated carbocycles. The van der Waals surface area contributed by atoms with Gasteiger partial charge in [-0.3, -0.25) is 0 Å². The summed E-state index contributed by atoms with van der Waals surface area (Å²) in [6, 6.07) is 14.2. The van der Waals surface area contributed by atoms with Crippen LogP contribution in [0.4, 0.5) is 0 Å². The molecule has 5 heteroatoms. The van der Waals surface area contributed by atoms with E-state index in [0.29, 0.717) is 21.6 Å². The number of halogens is 2. The van der Waals surface area contributed by atoms with E-state index in [-0.39, 0.29) is 5.56 Å². The third-order valence-corrected chi connectivity index (χ3v) is 3.85. The molecule has 0 saturated heterocycles. The fourth-order valence-corrected chi connectivity index (χ4v) is 2.74. The quantitative estimate of drug-likeness (QED) is 0.696. The molecule has 0 spiro atoms. The Morgan fingerprint density at radius 2 is 1.95 bits per heavy atom. The minimum Gasteiger partial charge on any atom is -0.478 e. The Balaban J connectivity index is 2.31. The van der Waals surface area contributed by atoms with Crippen LogP contribution in [0.5, 0.6) is 0 Å². The van der Waals surface area contributed by atoms with Crippen molar-refractivity contribution < 1.29 is 9.90 Å². The highest BCUT2D eigenvalue weighted by atomic mass is 79.9. The summed E-state index contributed by atoms with van der Waals surface area (Å²) in [6.07, 6.45) is 0. The van der Waals surface area contributed by atoms with Crippen LogP contribution in [0.25, 0.3) is 22.2 Å². The minimum absolute atomic E-state index is 0.192. The van der Waals surface area contributed by atoms with E-state index < -0.39 is 5.97 Å². The van der Waals surface area contributed by atoms with E-state index in [4.69, 9.17) is 11.6 Å². The Labute approximate surface area is 134 Å². The lowest BCUT2D eigenvalue weighted by molar-refractivity contribution is 0.0699. The molecule has 3 aromatic rings. The highest BCUT2D eigenvalue weighted by Gasteiger charge is 2.13. The van der Waals surface area contributed by atoms with E-state index >= 15 is 0 Å². The van der Waals surface area contributed by atoms with E-state index in [0.717, 1.165) is 10.0 Å². The van der Waals surface area contributed by atoms with Crippen molar-refractivity contribution in [2.75, 3.05) is 0 Å². The minimum atomic E-state index is -0.999. The summed E-state index contributed by atoms with van der Waals surface area (Å²) in [5.41, 5.74) is 2.26. The smallest absolute Gasteiger partial charge is 0.336 e. The summed E-state index contributed by atoms with van der Waals surface area (Å²) in [6.45, 7) is 0. The van der Waals surface area contributed by atoms with E-state index in [9.17, 15) is 9.90 Å². The Morgan fingerprint density at radius 1 is 1.14 bits per heavy atom. The van der Waals surface area contributed by atoms with E-state index in [1.165, 1.54) is 0 Å². The number of benzene rings is 2. The first-order chi connectivity index (χ1) is 10.0. The third kappa shape index (κ3) is 2.77. The zero-order valence-corrected chi connectivity index (χ0v) is 13.0. The van der Waals surface area contributed by atoms with Crippen molar-refractivity contribution in [2.24, 2.45) is 0 Å². The van der Waals surface area contributed by atoms with Crippen molar-refractivity contribution in [3.8, 4) is 11.3 Å². The number of carboxylic acid groups (broad SMARTS) is 1. The fraction of sp³-hybridized carbons (Fsp3) is 0. The van der Waals surface area contributed by atoms with Crippen LogP contribution >= 0.6 is 27.5 Å². The maximum absolute atomic E-state index is 11.5. The summed E-state index contributed by atoms with van der Waals surface area (Å²) < 4.78 is 0.912. The number of aromatic carboxylic acids is 1. The van der Waals surface area contributed by atoms with Crippen LogP contribution in [-0.2, 0) is 0 Å². The molecule has 0 unspecified atom stereocenters. The zero-order valence-electron chi connectivity index (χ0n) is 10.7. The Morgan fingerprint density at radius 3 is 2.67 bits per heavy atom. The summed E-state index contributed by atoms with van der Waals surface area (Å²) in [7, 11) is 0. The number of aromatic nitrogens is 1. The molecule has 1 heterocycles. The zero-order chi connectivity index (χ0) is 15.0. The number of hydrogen-bond acceptors (Lipinski definition) is 2. The first-order valence-corrected chi connectivity index (χ1v) is 7.31. The third-order valence-electron chi connectivity index (χ3n) is 3.12. The van der Waals surface area contributed by atoms with Crippen molar-refractivity contribution in [2.45, 2.75) is 0 Å². The standard InChI is InChI=1S/C16H9BrClNO2/c17-10-3-1-2-9(6-10)15-8-13(16(20)21)12-7-11(18)4-5-14(12)19-15/h1-8H,(H,20,21). The van der Waals surface area contributed by atoms with Crippen molar-refractivity contribution in [1.29, 1.82) is 0 Å². The molecule has 3 nitrogen and oxygen atoms in total. The van der Waals surface area contributed by atoms with Crippen LogP contribution in [0.2, 0.25) is 5.02 Å². The van der Waals surface area contributed by atoms with Crippen molar-refractivity contribution in [3.05, 3.63) is 63.6 Å². The maximum atomic E-state index is 11.5. The Hall–Kier alpha value is -1.91. The Kier molecular flexibility index (Phi) is 3.66. The molecule has 0 bridgehead atoms. The monoisotopic (exact) mass is 361 g/mol. The SMILES string of the molecule is O=C(O)c1cc(-c2cccc(Br)c2)nc2ccc(Cl)cc12. The lowest BCUT2D eigenvalue weighted by Gasteiger charge is -2.08. The molecule has 1 N–H and O–H groups in total. The van der Waals surface area contributed by atoms with Gasteiger partial charge in [0, 0.05) is 20.4 Å². The first-order valence-electron chi connectivity index (χ1n) is 6.14. The van der Waals surface area contributed by atoms with E-state index in [2.05, 4.69) is 20.9 Å². The number of nitrogens with zero attached hydrogens (tertiary/aromatic N) is 1. The van der Waals surface area contributed by atoms with Gasteiger partial charge in [0.25, 0.3) is 0 Å². The van der Waals surface area contributed by atoms with Gasteiger partial charge >= 0.3 is 5.97 Å². The molecular formula is C16H9BrClNO2. The second kappa shape index (κ2) is 5.47. The van der Waals surface area contributed by atoms with Crippen LogP contribution in [0, 0.1) is 0 Å². The fourth-order valence-electron chi connectivity index (χ4n) is 2.17. The van der Waals surface area contributed by atoms with E-state index in [1.807, 2.05) is 24.3 Å². The summed E-state index contributed by atoms with van der Waals surface area (Å²) in [4.78, 5) is 16.0. The van der Waals surface area contributed by atoms with Gasteiger partial charge in [-0.1, -0.05) is 39.7 Å². The highest BCUT2D eigenvalue weighted by molar-refractivity contribution is 9.10. The van der Waals surface area contributed by atoms with Crippen molar-refractivity contribution in [3.63, 3.8) is 0 Å². The normalized spacial score (nSPS) is 10.8. The van der Waals surface area contributed by atoms with Crippen molar-refractivity contribution >= 4 is 44.4 Å². The molecule has 0 atom stereocenters. The largest absolute Gasteiger partial charge is 0.478 e. The second-order valence-corrected chi connectivity index (χ2v) is 5.88. The van der Waals surface area contributed by atoms with Gasteiger partial charge in [0.2, 0.25) is 0 Å². The number of rotatable bonds is 2. The average molecular weight is 363 g/mol. The topological polar surface area (TPSA) is 50.2 Å². The van der Waals surface area contributed by atoms with Crippen LogP contribution in [0.1, 0.15) is 10.4 Å². The van der Waals surface area contributed by atoms with Crippen LogP contribution in [0.3, 0.4) is 0 Å². The highest BCUT2D eigenvalue weighted by Crippen LogP contribution is 2.28. The number of pyridine rings is 1. The predicted molar refractivity (Wildman–Crippen MR) is 86.8 cm³/mol. The Bertz CT molecular complexity index is 864. The lowest BCUT2D eigenvalue weighted by Crippen LogP contribution is -2.00. The van der Waals surface area contributed by atoms with Gasteiger partial charge in [0.1, 0.15) is 0 Å². The maximum Gasteiger partial charge on any atom is 0.336 e. The molecule has 0 radical (unpaired) electrons. The first kappa shape index (κ1) is 14.0. The molecule has 0 fully saturated rings. The molecule has 3 rings (SSSR count). The number of carbonyl (C=O) groups is 1. The molecule has 0 aliphatic carbocycles. The average Bonchev–Trinajstić information content (AvgIpc) is 2.46. The van der Waals surface area contributed by atoms with Crippen LogP contribution in [-0.4, -0.2) is 16.1 Å². The lowest BCUT2D eigenvalue weighted by atomic mass is 10.0. The molecule has 21 heavy (non-hydrogen) atoms. The van der Waals surface area contributed by atoms with Gasteiger partial charge in [0.05, 0.1) is 16.8 Å². The summed E-state index contributed by atoms with van der Waals surface area (Å²) in [5, 5.41) is 10.4. The molecule has 104 valence electrons. The molecule has 0 aliphatic rings. The summed E-state index contributed by atoms with van der Waals surface area (Å²) >= 11 is 9.35. The predicted octanol–water partition coefficient (Wildman–Crippen LogP) is 5.02. The molecule has 2 aromatic carbocycles. The molecule has 0 amide bonds. The molecule has 1 aromatic heterocycles. The number of carboxylic acids is 1. The second-order valence-electron chi connectivity index (χ2n) is 4.53. The van der Waals surface area contributed by atoms with Gasteiger partial charge in [-0.25, -0.2) is 9.78 Å². The number of hydrogen-bond donors (Lipinski definition) is 1. The molecule has 0 aliphatic heterocycles. The van der Waals surface area contributed by atoms with Crippen molar-refractivity contribution in [1.82, 2.24) is 4.98 Å². The van der Waals surface area contributed by atoms with Crippen LogP contribution in [0.15, 0.2) is 53.0 Å². The van der Waals surface area contributed by atoms with Gasteiger partial charge in [-0.15, -0.1) is 0 Å². The van der Waals surface area contributed by atoms with E-state index in [1.54, 1.807) is 24.3 Å². The van der Waals surface area contributed by atoms with Gasteiger partial charge in [-0.05, 0) is 36.4 Å². The number of fused-ring (bicyclic) bond motifs is 1. The van der Waals surface area contributed by atoms with Gasteiger partial charge in [0.15, 0.2) is 0 Å². The summed E-state index contributed by atoms with van der Waals surface area (Å²) in [5.74, 6) is -0.999.